The van der Waals surface area contributed by atoms with E-state index in [1.807, 2.05) is 67.6 Å². The first-order valence-corrected chi connectivity index (χ1v) is 14.7. The van der Waals surface area contributed by atoms with Crippen LogP contribution in [0.1, 0.15) is 5.69 Å². The highest BCUT2D eigenvalue weighted by atomic mass is 28.3. The fraction of sp³-hybridized carbons (Fsp3) is 0.269. The molecule has 0 unspecified atom stereocenters. The number of aromatic nitrogens is 2. The summed E-state index contributed by atoms with van der Waals surface area (Å²) in [7, 11) is -1.19. The number of nitrogens with one attached hydrogen (secondary N) is 1. The molecule has 0 spiro atoms. The van der Waals surface area contributed by atoms with Crippen LogP contribution in [0.3, 0.4) is 0 Å². The summed E-state index contributed by atoms with van der Waals surface area (Å²) in [5.74, 6) is 1.50. The van der Waals surface area contributed by atoms with Gasteiger partial charge >= 0.3 is 0 Å². The molecule has 0 amide bonds. The first-order chi connectivity index (χ1) is 15.3. The van der Waals surface area contributed by atoms with Crippen LogP contribution in [0.5, 0.6) is 11.5 Å². The Kier molecular flexibility index (Phi) is 6.35. The molecule has 0 radical (unpaired) electrons. The van der Waals surface area contributed by atoms with Crippen LogP contribution in [0.25, 0.3) is 22.0 Å². The number of ether oxygens (including phenoxy) is 2. The molecule has 0 aliphatic heterocycles. The lowest BCUT2D eigenvalue weighted by molar-refractivity contribution is 0.0875. The number of rotatable bonds is 8. The third-order valence-corrected chi connectivity index (χ3v) is 7.29. The predicted octanol–water partition coefficient (Wildman–Crippen LogP) is 6.41. The normalized spacial score (nSPS) is 11.8. The van der Waals surface area contributed by atoms with Gasteiger partial charge in [-0.2, -0.15) is 0 Å². The third-order valence-electron chi connectivity index (χ3n) is 5.58. The standard InChI is InChI=1S/C26H30N2O3Si/c1-19-24-22(14-15-27-26(24)29)25(28(19)18-30-16-17-32(2,3)4)21-12-8-9-13-23(21)31-20-10-6-5-7-11-20/h5-15H,16-18H2,1-4H3,(H,27,29). The van der Waals surface area contributed by atoms with Crippen LogP contribution in [0.2, 0.25) is 25.7 Å². The van der Waals surface area contributed by atoms with Gasteiger partial charge in [0.25, 0.3) is 5.56 Å². The van der Waals surface area contributed by atoms with Crippen molar-refractivity contribution in [1.82, 2.24) is 9.55 Å². The lowest BCUT2D eigenvalue weighted by Gasteiger charge is -2.18. The molecule has 0 bridgehead atoms. The molecular formula is C26H30N2O3Si. The minimum atomic E-state index is -1.19. The molecule has 5 nitrogen and oxygen atoms in total. The molecule has 166 valence electrons. The van der Waals surface area contributed by atoms with E-state index in [-0.39, 0.29) is 5.56 Å². The Morgan fingerprint density at radius 3 is 2.44 bits per heavy atom. The average Bonchev–Trinajstić information content (AvgIpc) is 3.04. The highest BCUT2D eigenvalue weighted by Gasteiger charge is 2.21. The second-order valence-electron chi connectivity index (χ2n) is 9.22. The van der Waals surface area contributed by atoms with Crippen molar-refractivity contribution in [3.63, 3.8) is 0 Å². The second-order valence-corrected chi connectivity index (χ2v) is 14.8. The molecule has 1 N–H and O–H groups in total. The molecule has 4 rings (SSSR count). The van der Waals surface area contributed by atoms with Crippen molar-refractivity contribution >= 4 is 18.8 Å². The smallest absolute Gasteiger partial charge is 0.257 e. The van der Waals surface area contributed by atoms with Gasteiger partial charge in [-0.1, -0.05) is 50.0 Å². The Labute approximate surface area is 189 Å². The van der Waals surface area contributed by atoms with Gasteiger partial charge in [0.2, 0.25) is 0 Å². The molecule has 4 aromatic rings. The van der Waals surface area contributed by atoms with Crippen molar-refractivity contribution in [3.05, 3.63) is 82.9 Å². The van der Waals surface area contributed by atoms with E-state index in [1.165, 1.54) is 0 Å². The predicted molar refractivity (Wildman–Crippen MR) is 133 cm³/mol. The molecule has 0 fully saturated rings. The van der Waals surface area contributed by atoms with Gasteiger partial charge in [-0.3, -0.25) is 4.79 Å². The summed E-state index contributed by atoms with van der Waals surface area (Å²) in [4.78, 5) is 15.5. The number of H-pyrrole nitrogens is 1. The Morgan fingerprint density at radius 1 is 0.969 bits per heavy atom. The van der Waals surface area contributed by atoms with Gasteiger partial charge in [0.05, 0.1) is 11.1 Å². The van der Waals surface area contributed by atoms with Gasteiger partial charge < -0.3 is 19.0 Å². The number of fused-ring (bicyclic) bond motifs is 1. The highest BCUT2D eigenvalue weighted by molar-refractivity contribution is 6.76. The summed E-state index contributed by atoms with van der Waals surface area (Å²) in [5.41, 5.74) is 2.65. The topological polar surface area (TPSA) is 56.2 Å². The van der Waals surface area contributed by atoms with E-state index in [0.29, 0.717) is 18.7 Å². The molecule has 2 aromatic carbocycles. The Morgan fingerprint density at radius 2 is 1.69 bits per heavy atom. The van der Waals surface area contributed by atoms with Gasteiger partial charge in [-0.15, -0.1) is 0 Å². The molecule has 0 aliphatic carbocycles. The van der Waals surface area contributed by atoms with E-state index in [1.54, 1.807) is 6.20 Å². The van der Waals surface area contributed by atoms with Crippen molar-refractivity contribution in [1.29, 1.82) is 0 Å². The molecule has 2 aromatic heterocycles. The zero-order valence-electron chi connectivity index (χ0n) is 19.1. The number of para-hydroxylation sites is 2. The van der Waals surface area contributed by atoms with E-state index in [4.69, 9.17) is 9.47 Å². The molecule has 0 atom stereocenters. The maximum Gasteiger partial charge on any atom is 0.257 e. The quantitative estimate of drug-likeness (QED) is 0.251. The summed E-state index contributed by atoms with van der Waals surface area (Å²) in [6, 6.07) is 20.7. The van der Waals surface area contributed by atoms with Crippen molar-refractivity contribution in [3.8, 4) is 22.8 Å². The minimum Gasteiger partial charge on any atom is -0.457 e. The summed E-state index contributed by atoms with van der Waals surface area (Å²) >= 11 is 0. The third kappa shape index (κ3) is 4.71. The van der Waals surface area contributed by atoms with E-state index in [9.17, 15) is 4.79 Å². The highest BCUT2D eigenvalue weighted by Crippen LogP contribution is 2.39. The number of nitrogens with zero attached hydrogens (tertiary/aromatic N) is 1. The molecular weight excluding hydrogens is 416 g/mol. The van der Waals surface area contributed by atoms with E-state index >= 15 is 0 Å². The number of hydrogen-bond donors (Lipinski definition) is 1. The average molecular weight is 447 g/mol. The fourth-order valence-corrected chi connectivity index (χ4v) is 4.59. The monoisotopic (exact) mass is 446 g/mol. The SMILES string of the molecule is Cc1c2c(=O)[nH]ccc2c(-c2ccccc2Oc2ccccc2)n1COCC[Si](C)(C)C. The van der Waals surface area contributed by atoms with Crippen LogP contribution >= 0.6 is 0 Å². The molecule has 32 heavy (non-hydrogen) atoms. The lowest BCUT2D eigenvalue weighted by Crippen LogP contribution is -2.22. The van der Waals surface area contributed by atoms with Gasteiger partial charge in [-0.25, -0.2) is 0 Å². The van der Waals surface area contributed by atoms with Crippen LogP contribution in [-0.4, -0.2) is 24.2 Å². The number of aromatic amines is 1. The van der Waals surface area contributed by atoms with Gasteiger partial charge in [0.1, 0.15) is 18.2 Å². The summed E-state index contributed by atoms with van der Waals surface area (Å²) in [6.07, 6.45) is 1.70. The van der Waals surface area contributed by atoms with Crippen LogP contribution in [-0.2, 0) is 11.5 Å². The van der Waals surface area contributed by atoms with E-state index in [2.05, 4.69) is 29.2 Å². The molecule has 6 heteroatoms. The maximum absolute atomic E-state index is 12.7. The molecule has 0 aliphatic rings. The van der Waals surface area contributed by atoms with Crippen LogP contribution in [0, 0.1) is 6.92 Å². The number of pyridine rings is 1. The maximum atomic E-state index is 12.7. The molecule has 0 saturated heterocycles. The fourth-order valence-electron chi connectivity index (χ4n) is 3.84. The summed E-state index contributed by atoms with van der Waals surface area (Å²) < 4.78 is 14.4. The summed E-state index contributed by atoms with van der Waals surface area (Å²) in [6.45, 7) is 10.1. The van der Waals surface area contributed by atoms with Gasteiger partial charge in [-0.05, 0) is 43.3 Å². The van der Waals surface area contributed by atoms with Crippen molar-refractivity contribution < 1.29 is 9.47 Å². The zero-order valence-corrected chi connectivity index (χ0v) is 20.1. The van der Waals surface area contributed by atoms with Crippen molar-refractivity contribution in [2.45, 2.75) is 39.3 Å². The van der Waals surface area contributed by atoms with Crippen molar-refractivity contribution in [2.24, 2.45) is 0 Å². The van der Waals surface area contributed by atoms with E-state index in [0.717, 1.165) is 39.9 Å². The van der Waals surface area contributed by atoms with Gasteiger partial charge in [0.15, 0.2) is 0 Å². The van der Waals surface area contributed by atoms with Crippen molar-refractivity contribution in [2.75, 3.05) is 6.61 Å². The largest absolute Gasteiger partial charge is 0.457 e. The Balaban J connectivity index is 1.80. The van der Waals surface area contributed by atoms with Crippen LogP contribution in [0.4, 0.5) is 0 Å². The Hall–Kier alpha value is -3.09. The first kappa shape index (κ1) is 22.1. The minimum absolute atomic E-state index is 0.0939. The van der Waals surface area contributed by atoms with Gasteiger partial charge in [0, 0.05) is 37.5 Å². The lowest BCUT2D eigenvalue weighted by atomic mass is 10.1. The molecule has 0 saturated carbocycles. The number of benzene rings is 2. The summed E-state index contributed by atoms with van der Waals surface area (Å²) in [5, 5.41) is 1.58. The van der Waals surface area contributed by atoms with Crippen LogP contribution in [0.15, 0.2) is 71.7 Å². The van der Waals surface area contributed by atoms with E-state index < -0.39 is 8.07 Å². The number of hydrogen-bond acceptors (Lipinski definition) is 3. The van der Waals surface area contributed by atoms with Crippen LogP contribution < -0.4 is 10.3 Å². The first-order valence-electron chi connectivity index (χ1n) is 11.0. The Bertz CT molecular complexity index is 1270. The molecule has 2 heterocycles. The zero-order chi connectivity index (χ0) is 22.7. The number of aryl methyl sites for hydroxylation is 1. The second kappa shape index (κ2) is 9.18.